The topological polar surface area (TPSA) is 0 Å². The molecule has 1 unspecified atom stereocenters. The molecule has 0 aliphatic rings. The third-order valence-electron chi connectivity index (χ3n) is 3.44. The van der Waals surface area contributed by atoms with Gasteiger partial charge < -0.3 is 0 Å². The maximum Gasteiger partial charge on any atom is -0.0132 e. The van der Waals surface area contributed by atoms with Crippen LogP contribution >= 0.6 is 0 Å². The maximum atomic E-state index is 3.85. The molecule has 0 radical (unpaired) electrons. The molecular formula is C17H26. The van der Waals surface area contributed by atoms with Crippen molar-refractivity contribution in [2.45, 2.75) is 58.8 Å². The second-order valence-corrected chi connectivity index (χ2v) is 5.94. The first-order chi connectivity index (χ1) is 7.90. The Kier molecular flexibility index (Phi) is 4.56. The van der Waals surface area contributed by atoms with Crippen molar-refractivity contribution in [3.8, 4) is 0 Å². The minimum absolute atomic E-state index is 0.231. The van der Waals surface area contributed by atoms with Crippen LogP contribution in [0.5, 0.6) is 0 Å². The number of rotatable bonds is 4. The van der Waals surface area contributed by atoms with E-state index < -0.39 is 0 Å². The highest BCUT2D eigenvalue weighted by atomic mass is 14.2. The first-order valence-electron chi connectivity index (χ1n) is 6.64. The zero-order chi connectivity index (χ0) is 13.1. The normalized spacial score (nSPS) is 13.5. The molecule has 94 valence electrons. The summed E-state index contributed by atoms with van der Waals surface area (Å²) in [6.45, 7) is 15.2. The third-order valence-corrected chi connectivity index (χ3v) is 3.44. The maximum absolute atomic E-state index is 3.85. The van der Waals surface area contributed by atoms with E-state index in [1.807, 2.05) is 6.08 Å². The van der Waals surface area contributed by atoms with Gasteiger partial charge in [0.2, 0.25) is 0 Å². The van der Waals surface area contributed by atoms with Crippen molar-refractivity contribution < 1.29 is 0 Å². The van der Waals surface area contributed by atoms with E-state index >= 15 is 0 Å². The van der Waals surface area contributed by atoms with E-state index in [2.05, 4.69) is 59.4 Å². The van der Waals surface area contributed by atoms with Crippen LogP contribution in [0.3, 0.4) is 0 Å². The molecule has 0 aliphatic heterocycles. The van der Waals surface area contributed by atoms with E-state index in [0.29, 0.717) is 5.92 Å². The summed E-state index contributed by atoms with van der Waals surface area (Å²) in [4.78, 5) is 0. The zero-order valence-corrected chi connectivity index (χ0v) is 12.0. The number of hydrogen-bond acceptors (Lipinski definition) is 0. The Morgan fingerprint density at radius 3 is 2.41 bits per heavy atom. The van der Waals surface area contributed by atoms with Crippen molar-refractivity contribution in [2.75, 3.05) is 0 Å². The lowest BCUT2D eigenvalue weighted by Crippen LogP contribution is -2.12. The van der Waals surface area contributed by atoms with Crippen molar-refractivity contribution in [1.29, 1.82) is 0 Å². The Bertz CT molecular complexity index is 380. The molecule has 1 atom stereocenters. The molecule has 0 N–H and O–H groups in total. The summed E-state index contributed by atoms with van der Waals surface area (Å²) < 4.78 is 0. The van der Waals surface area contributed by atoms with Gasteiger partial charge in [-0.2, -0.15) is 0 Å². The van der Waals surface area contributed by atoms with Crippen molar-refractivity contribution in [3.05, 3.63) is 47.5 Å². The van der Waals surface area contributed by atoms with E-state index in [4.69, 9.17) is 0 Å². The van der Waals surface area contributed by atoms with Crippen LogP contribution in [0, 0.1) is 0 Å². The molecule has 0 heterocycles. The molecule has 1 aromatic carbocycles. The lowest BCUT2D eigenvalue weighted by atomic mass is 9.82. The van der Waals surface area contributed by atoms with Crippen molar-refractivity contribution >= 4 is 0 Å². The fraction of sp³-hybridized carbons (Fsp3) is 0.529. The van der Waals surface area contributed by atoms with Crippen molar-refractivity contribution in [3.63, 3.8) is 0 Å². The monoisotopic (exact) mass is 230 g/mol. The predicted octanol–water partition coefficient (Wildman–Crippen LogP) is 5.23. The van der Waals surface area contributed by atoms with Crippen LogP contribution in [-0.2, 0) is 11.8 Å². The van der Waals surface area contributed by atoms with Gasteiger partial charge in [-0.05, 0) is 40.9 Å². The number of benzene rings is 1. The van der Waals surface area contributed by atoms with Gasteiger partial charge in [0.05, 0.1) is 0 Å². The average molecular weight is 230 g/mol. The Labute approximate surface area is 107 Å². The van der Waals surface area contributed by atoms with E-state index in [9.17, 15) is 0 Å². The minimum atomic E-state index is 0.231. The van der Waals surface area contributed by atoms with E-state index in [0.717, 1.165) is 12.8 Å². The summed E-state index contributed by atoms with van der Waals surface area (Å²) in [6.07, 6.45) is 4.19. The van der Waals surface area contributed by atoms with Gasteiger partial charge in [0.1, 0.15) is 0 Å². The highest BCUT2D eigenvalue weighted by Crippen LogP contribution is 2.30. The highest BCUT2D eigenvalue weighted by Gasteiger charge is 2.17. The van der Waals surface area contributed by atoms with Crippen LogP contribution < -0.4 is 0 Å². The molecule has 0 amide bonds. The van der Waals surface area contributed by atoms with Crippen LogP contribution in [0.15, 0.2) is 30.9 Å². The van der Waals surface area contributed by atoms with Crippen LogP contribution in [-0.4, -0.2) is 0 Å². The van der Waals surface area contributed by atoms with Gasteiger partial charge in [0.15, 0.2) is 0 Å². The molecule has 0 fully saturated rings. The van der Waals surface area contributed by atoms with Gasteiger partial charge in [-0.15, -0.1) is 6.58 Å². The molecule has 0 aromatic heterocycles. The smallest absolute Gasteiger partial charge is 0.0132 e. The molecule has 0 spiro atoms. The average Bonchev–Trinajstić information content (AvgIpc) is 2.27. The lowest BCUT2D eigenvalue weighted by Gasteiger charge is -2.23. The molecule has 0 saturated carbocycles. The van der Waals surface area contributed by atoms with Gasteiger partial charge in [-0.3, -0.25) is 0 Å². The SMILES string of the molecule is C=CCC(C)c1cc(C(C)(C)C)ccc1CC. The first-order valence-corrected chi connectivity index (χ1v) is 6.64. The summed E-state index contributed by atoms with van der Waals surface area (Å²) in [5.41, 5.74) is 4.64. The summed E-state index contributed by atoms with van der Waals surface area (Å²) >= 11 is 0. The van der Waals surface area contributed by atoms with E-state index in [-0.39, 0.29) is 5.41 Å². The first kappa shape index (κ1) is 14.0. The quantitative estimate of drug-likeness (QED) is 0.622. The highest BCUT2D eigenvalue weighted by molar-refractivity contribution is 5.37. The summed E-state index contributed by atoms with van der Waals surface area (Å²) in [7, 11) is 0. The molecule has 0 nitrogen and oxygen atoms in total. The largest absolute Gasteiger partial charge is 0.103 e. The molecular weight excluding hydrogens is 204 g/mol. The fourth-order valence-corrected chi connectivity index (χ4v) is 2.22. The van der Waals surface area contributed by atoms with Crippen molar-refractivity contribution in [1.82, 2.24) is 0 Å². The Morgan fingerprint density at radius 1 is 1.29 bits per heavy atom. The second-order valence-electron chi connectivity index (χ2n) is 5.94. The third kappa shape index (κ3) is 3.46. The van der Waals surface area contributed by atoms with Crippen LogP contribution in [0.2, 0.25) is 0 Å². The van der Waals surface area contributed by atoms with Crippen LogP contribution in [0.4, 0.5) is 0 Å². The zero-order valence-electron chi connectivity index (χ0n) is 12.0. The molecule has 0 bridgehead atoms. The standard InChI is InChI=1S/C17H26/c1-7-9-13(3)16-12-15(17(4,5)6)11-10-14(16)8-2/h7,10-13H,1,8-9H2,2-6H3. The molecule has 1 rings (SSSR count). The van der Waals surface area contributed by atoms with Gasteiger partial charge in [0, 0.05) is 0 Å². The Balaban J connectivity index is 3.19. The Morgan fingerprint density at radius 2 is 1.94 bits per heavy atom. The van der Waals surface area contributed by atoms with Gasteiger partial charge in [-0.1, -0.05) is 58.9 Å². The van der Waals surface area contributed by atoms with E-state index in [1.165, 1.54) is 16.7 Å². The van der Waals surface area contributed by atoms with E-state index in [1.54, 1.807) is 0 Å². The fourth-order valence-electron chi connectivity index (χ4n) is 2.22. The minimum Gasteiger partial charge on any atom is -0.103 e. The molecule has 0 heteroatoms. The van der Waals surface area contributed by atoms with Gasteiger partial charge >= 0.3 is 0 Å². The Hall–Kier alpha value is -1.04. The number of aryl methyl sites for hydroxylation is 1. The lowest BCUT2D eigenvalue weighted by molar-refractivity contribution is 0.587. The molecule has 1 aromatic rings. The van der Waals surface area contributed by atoms with Crippen LogP contribution in [0.25, 0.3) is 0 Å². The van der Waals surface area contributed by atoms with Crippen LogP contribution in [0.1, 0.15) is 63.6 Å². The predicted molar refractivity (Wildman–Crippen MR) is 77.7 cm³/mol. The summed E-state index contributed by atoms with van der Waals surface area (Å²) in [5.74, 6) is 0.574. The van der Waals surface area contributed by atoms with Gasteiger partial charge in [0.25, 0.3) is 0 Å². The molecule has 17 heavy (non-hydrogen) atoms. The van der Waals surface area contributed by atoms with Crippen molar-refractivity contribution in [2.24, 2.45) is 0 Å². The second kappa shape index (κ2) is 5.53. The molecule has 0 aliphatic carbocycles. The number of allylic oxidation sites excluding steroid dienone is 1. The van der Waals surface area contributed by atoms with Gasteiger partial charge in [-0.25, -0.2) is 0 Å². The summed E-state index contributed by atoms with van der Waals surface area (Å²) in [5, 5.41) is 0. The number of hydrogen-bond donors (Lipinski definition) is 0. The molecule has 0 saturated heterocycles. The summed E-state index contributed by atoms with van der Waals surface area (Å²) in [6, 6.07) is 6.98.